The third kappa shape index (κ3) is 3.12. The average molecular weight is 247 g/mol. The maximum atomic E-state index is 10.8. The van der Waals surface area contributed by atoms with Gasteiger partial charge in [-0.2, -0.15) is 0 Å². The van der Waals surface area contributed by atoms with E-state index >= 15 is 0 Å². The Hall–Kier alpha value is -0.860. The molecule has 1 aliphatic rings. The van der Waals surface area contributed by atoms with Crippen molar-refractivity contribution in [2.24, 2.45) is 11.7 Å². The number of nitrogens with two attached hydrogens (primary N) is 1. The minimum Gasteiger partial charge on any atom is -0.385 e. The Balaban J connectivity index is 2.17. The molecule has 0 spiro atoms. The summed E-state index contributed by atoms with van der Waals surface area (Å²) in [5.41, 5.74) is 7.67. The van der Waals surface area contributed by atoms with Crippen LogP contribution in [0.2, 0.25) is 0 Å². The molecule has 0 bridgehead atoms. The molecule has 0 aliphatic heterocycles. The van der Waals surface area contributed by atoms with Crippen molar-refractivity contribution in [2.75, 3.05) is 0 Å². The van der Waals surface area contributed by atoms with Crippen LogP contribution in [0.15, 0.2) is 24.3 Å². The molecule has 0 radical (unpaired) electrons. The van der Waals surface area contributed by atoms with Crippen LogP contribution in [0.5, 0.6) is 0 Å². The molecule has 0 amide bonds. The third-order valence-electron chi connectivity index (χ3n) is 3.97. The minimum absolute atomic E-state index is 0.268. The Kier molecular flexibility index (Phi) is 4.08. The molecule has 0 aromatic heterocycles. The van der Waals surface area contributed by atoms with Crippen LogP contribution in [0, 0.1) is 5.92 Å². The van der Waals surface area contributed by atoms with E-state index in [1.165, 1.54) is 5.56 Å². The standard InChI is InChI=1S/C16H25NO/c1-12(2)10-13-4-3-5-14(11-13)16(18)8-6-15(17)7-9-16/h3-5,11-12,15,18H,6-10,17H2,1-2H3. The van der Waals surface area contributed by atoms with Crippen molar-refractivity contribution in [3.8, 4) is 0 Å². The van der Waals surface area contributed by atoms with Crippen LogP contribution in [0.4, 0.5) is 0 Å². The summed E-state index contributed by atoms with van der Waals surface area (Å²) < 4.78 is 0. The largest absolute Gasteiger partial charge is 0.385 e. The lowest BCUT2D eigenvalue weighted by molar-refractivity contribution is -0.00503. The lowest BCUT2D eigenvalue weighted by Crippen LogP contribution is -2.36. The van der Waals surface area contributed by atoms with Crippen LogP contribution in [0.3, 0.4) is 0 Å². The van der Waals surface area contributed by atoms with E-state index in [9.17, 15) is 5.11 Å². The molecular formula is C16H25NO. The quantitative estimate of drug-likeness (QED) is 0.862. The molecule has 1 aromatic carbocycles. The fraction of sp³-hybridized carbons (Fsp3) is 0.625. The average Bonchev–Trinajstić information content (AvgIpc) is 2.33. The van der Waals surface area contributed by atoms with E-state index in [1.807, 2.05) is 0 Å². The van der Waals surface area contributed by atoms with Crippen LogP contribution >= 0.6 is 0 Å². The first kappa shape index (κ1) is 13.6. The smallest absolute Gasteiger partial charge is 0.0897 e. The summed E-state index contributed by atoms with van der Waals surface area (Å²) >= 11 is 0. The minimum atomic E-state index is -0.650. The molecular weight excluding hydrogens is 222 g/mol. The summed E-state index contributed by atoms with van der Waals surface area (Å²) in [6.07, 6.45) is 4.50. The highest BCUT2D eigenvalue weighted by Gasteiger charge is 2.33. The zero-order chi connectivity index (χ0) is 13.2. The van der Waals surface area contributed by atoms with Gasteiger partial charge >= 0.3 is 0 Å². The van der Waals surface area contributed by atoms with Crippen molar-refractivity contribution in [1.29, 1.82) is 0 Å². The highest BCUT2D eigenvalue weighted by atomic mass is 16.3. The van der Waals surface area contributed by atoms with Crippen LogP contribution < -0.4 is 5.73 Å². The molecule has 2 rings (SSSR count). The lowest BCUT2D eigenvalue weighted by Gasteiger charge is -2.35. The van der Waals surface area contributed by atoms with Crippen LogP contribution in [-0.2, 0) is 12.0 Å². The number of hydrogen-bond acceptors (Lipinski definition) is 2. The van der Waals surface area contributed by atoms with Crippen molar-refractivity contribution >= 4 is 0 Å². The summed E-state index contributed by atoms with van der Waals surface area (Å²) in [5, 5.41) is 10.8. The first-order valence-electron chi connectivity index (χ1n) is 7.07. The van der Waals surface area contributed by atoms with Crippen molar-refractivity contribution in [1.82, 2.24) is 0 Å². The zero-order valence-electron chi connectivity index (χ0n) is 11.5. The summed E-state index contributed by atoms with van der Waals surface area (Å²) in [6.45, 7) is 4.45. The van der Waals surface area contributed by atoms with Gasteiger partial charge in [0.1, 0.15) is 0 Å². The molecule has 2 nitrogen and oxygen atoms in total. The Morgan fingerprint density at radius 3 is 2.61 bits per heavy atom. The topological polar surface area (TPSA) is 46.2 Å². The molecule has 2 heteroatoms. The maximum Gasteiger partial charge on any atom is 0.0897 e. The van der Waals surface area contributed by atoms with Gasteiger partial charge in [-0.25, -0.2) is 0 Å². The molecule has 1 aliphatic carbocycles. The van der Waals surface area contributed by atoms with Gasteiger partial charge in [0.2, 0.25) is 0 Å². The SMILES string of the molecule is CC(C)Cc1cccc(C2(O)CCC(N)CC2)c1. The zero-order valence-corrected chi connectivity index (χ0v) is 11.5. The Morgan fingerprint density at radius 1 is 1.33 bits per heavy atom. The molecule has 3 N–H and O–H groups in total. The van der Waals surface area contributed by atoms with Gasteiger partial charge in [-0.15, -0.1) is 0 Å². The number of aliphatic hydroxyl groups is 1. The number of benzene rings is 1. The van der Waals surface area contributed by atoms with Crippen molar-refractivity contribution in [3.05, 3.63) is 35.4 Å². The van der Waals surface area contributed by atoms with Gasteiger partial charge in [-0.1, -0.05) is 38.1 Å². The number of rotatable bonds is 3. The first-order valence-corrected chi connectivity index (χ1v) is 7.07. The van der Waals surface area contributed by atoms with Gasteiger partial charge in [0.15, 0.2) is 0 Å². The van der Waals surface area contributed by atoms with Gasteiger partial charge < -0.3 is 10.8 Å². The van der Waals surface area contributed by atoms with Crippen molar-refractivity contribution in [3.63, 3.8) is 0 Å². The molecule has 1 fully saturated rings. The van der Waals surface area contributed by atoms with E-state index < -0.39 is 5.60 Å². The van der Waals surface area contributed by atoms with Crippen LogP contribution in [0.25, 0.3) is 0 Å². The molecule has 100 valence electrons. The van der Waals surface area contributed by atoms with Gasteiger partial charge in [0, 0.05) is 6.04 Å². The highest BCUT2D eigenvalue weighted by molar-refractivity contribution is 5.29. The predicted molar refractivity (Wildman–Crippen MR) is 75.3 cm³/mol. The van der Waals surface area contributed by atoms with E-state index in [0.717, 1.165) is 37.7 Å². The van der Waals surface area contributed by atoms with Crippen LogP contribution in [0.1, 0.15) is 50.7 Å². The summed E-state index contributed by atoms with van der Waals surface area (Å²) in [5.74, 6) is 0.648. The van der Waals surface area contributed by atoms with Crippen LogP contribution in [-0.4, -0.2) is 11.1 Å². The summed E-state index contributed by atoms with van der Waals surface area (Å²) in [7, 11) is 0. The normalized spacial score (nSPS) is 28.6. The van der Waals surface area contributed by atoms with Crippen molar-refractivity contribution in [2.45, 2.75) is 57.6 Å². The second-order valence-corrected chi connectivity index (χ2v) is 6.17. The predicted octanol–water partition coefficient (Wildman–Crippen LogP) is 2.97. The monoisotopic (exact) mass is 247 g/mol. The van der Waals surface area contributed by atoms with Gasteiger partial charge in [-0.05, 0) is 49.1 Å². The van der Waals surface area contributed by atoms with E-state index in [2.05, 4.69) is 38.1 Å². The Morgan fingerprint density at radius 2 is 2.00 bits per heavy atom. The molecule has 0 saturated heterocycles. The third-order valence-corrected chi connectivity index (χ3v) is 3.97. The fourth-order valence-electron chi connectivity index (χ4n) is 2.87. The Labute approximate surface area is 110 Å². The van der Waals surface area contributed by atoms with Crippen molar-refractivity contribution < 1.29 is 5.11 Å². The van der Waals surface area contributed by atoms with E-state index in [0.29, 0.717) is 5.92 Å². The van der Waals surface area contributed by atoms with Gasteiger partial charge in [0.25, 0.3) is 0 Å². The van der Waals surface area contributed by atoms with E-state index in [4.69, 9.17) is 5.73 Å². The lowest BCUT2D eigenvalue weighted by atomic mass is 9.77. The fourth-order valence-corrected chi connectivity index (χ4v) is 2.87. The molecule has 18 heavy (non-hydrogen) atoms. The molecule has 0 unspecified atom stereocenters. The van der Waals surface area contributed by atoms with E-state index in [1.54, 1.807) is 0 Å². The summed E-state index contributed by atoms with van der Waals surface area (Å²) in [4.78, 5) is 0. The summed E-state index contributed by atoms with van der Waals surface area (Å²) in [6, 6.07) is 8.72. The Bertz CT molecular complexity index is 392. The van der Waals surface area contributed by atoms with Gasteiger partial charge in [0.05, 0.1) is 5.60 Å². The van der Waals surface area contributed by atoms with E-state index in [-0.39, 0.29) is 6.04 Å². The number of hydrogen-bond donors (Lipinski definition) is 2. The second-order valence-electron chi connectivity index (χ2n) is 6.17. The molecule has 0 atom stereocenters. The maximum absolute atomic E-state index is 10.8. The molecule has 0 heterocycles. The van der Waals surface area contributed by atoms with Gasteiger partial charge in [-0.3, -0.25) is 0 Å². The molecule has 1 aromatic rings. The molecule has 1 saturated carbocycles. The highest BCUT2D eigenvalue weighted by Crippen LogP contribution is 2.36. The second kappa shape index (κ2) is 5.41. The first-order chi connectivity index (χ1) is 8.49.